The van der Waals surface area contributed by atoms with E-state index in [2.05, 4.69) is 5.32 Å². The van der Waals surface area contributed by atoms with Gasteiger partial charge >= 0.3 is 6.09 Å². The van der Waals surface area contributed by atoms with E-state index in [9.17, 15) is 4.79 Å². The minimum atomic E-state index is -0.812. The van der Waals surface area contributed by atoms with Crippen LogP contribution in [0.15, 0.2) is 0 Å². The van der Waals surface area contributed by atoms with Gasteiger partial charge in [-0.15, -0.1) is 0 Å². The number of nitrogens with one attached hydrogen (secondary N) is 1. The molecule has 13 heavy (non-hydrogen) atoms. The predicted octanol–water partition coefficient (Wildman–Crippen LogP) is 1.13. The first-order valence-electron chi connectivity index (χ1n) is 4.78. The summed E-state index contributed by atoms with van der Waals surface area (Å²) < 4.78 is 0. The van der Waals surface area contributed by atoms with E-state index in [4.69, 9.17) is 5.11 Å². The van der Waals surface area contributed by atoms with Crippen molar-refractivity contribution in [3.8, 4) is 0 Å². The summed E-state index contributed by atoms with van der Waals surface area (Å²) >= 11 is 0. The lowest BCUT2D eigenvalue weighted by Gasteiger charge is -2.32. The van der Waals surface area contributed by atoms with E-state index in [1.54, 1.807) is 7.05 Å². The summed E-state index contributed by atoms with van der Waals surface area (Å²) in [6.45, 7) is 0. The van der Waals surface area contributed by atoms with Gasteiger partial charge in [0.15, 0.2) is 0 Å². The van der Waals surface area contributed by atoms with Crippen molar-refractivity contribution in [2.24, 2.45) is 0 Å². The summed E-state index contributed by atoms with van der Waals surface area (Å²) in [5.41, 5.74) is 0. The first-order chi connectivity index (χ1) is 6.15. The van der Waals surface area contributed by atoms with Gasteiger partial charge in [0, 0.05) is 19.1 Å². The molecule has 4 heteroatoms. The molecule has 0 aliphatic heterocycles. The maximum atomic E-state index is 10.7. The molecule has 76 valence electrons. The fraction of sp³-hybridized carbons (Fsp3) is 0.889. The van der Waals surface area contributed by atoms with E-state index in [0.29, 0.717) is 6.04 Å². The summed E-state index contributed by atoms with van der Waals surface area (Å²) in [5, 5.41) is 12.0. The Bertz CT molecular complexity index is 176. The molecule has 0 aromatic carbocycles. The number of rotatable bonds is 2. The standard InChI is InChI=1S/C9H18N2O2/c1-10-7-3-5-8(6-4-7)11(2)9(12)13/h7-8,10H,3-6H2,1-2H3,(H,12,13). The number of carboxylic acid groups (broad SMARTS) is 1. The molecule has 0 saturated heterocycles. The average Bonchev–Trinajstić information content (AvgIpc) is 2.17. The van der Waals surface area contributed by atoms with Gasteiger partial charge in [-0.05, 0) is 32.7 Å². The molecule has 0 unspecified atom stereocenters. The van der Waals surface area contributed by atoms with Crippen LogP contribution in [0.2, 0.25) is 0 Å². The summed E-state index contributed by atoms with van der Waals surface area (Å²) in [7, 11) is 3.62. The lowest BCUT2D eigenvalue weighted by atomic mass is 9.91. The summed E-state index contributed by atoms with van der Waals surface area (Å²) in [6, 6.07) is 0.806. The molecule has 1 fully saturated rings. The Labute approximate surface area is 78.9 Å². The Balaban J connectivity index is 2.36. The minimum absolute atomic E-state index is 0.224. The van der Waals surface area contributed by atoms with Crippen LogP contribution < -0.4 is 5.32 Å². The molecule has 0 heterocycles. The van der Waals surface area contributed by atoms with Crippen molar-refractivity contribution in [3.63, 3.8) is 0 Å². The van der Waals surface area contributed by atoms with Crippen LogP contribution in [0.4, 0.5) is 4.79 Å². The topological polar surface area (TPSA) is 52.6 Å². The Kier molecular flexibility index (Phi) is 3.54. The fourth-order valence-electron chi connectivity index (χ4n) is 1.91. The number of amides is 1. The van der Waals surface area contributed by atoms with Crippen molar-refractivity contribution < 1.29 is 9.90 Å². The van der Waals surface area contributed by atoms with Crippen molar-refractivity contribution in [1.82, 2.24) is 10.2 Å². The van der Waals surface area contributed by atoms with Gasteiger partial charge in [0.05, 0.1) is 0 Å². The van der Waals surface area contributed by atoms with Gasteiger partial charge in [0.2, 0.25) is 0 Å². The highest BCUT2D eigenvalue weighted by molar-refractivity contribution is 5.64. The number of hydrogen-bond acceptors (Lipinski definition) is 2. The van der Waals surface area contributed by atoms with Gasteiger partial charge in [-0.1, -0.05) is 0 Å². The Hall–Kier alpha value is -0.770. The molecule has 0 atom stereocenters. The Morgan fingerprint density at radius 1 is 1.38 bits per heavy atom. The van der Waals surface area contributed by atoms with Gasteiger partial charge < -0.3 is 15.3 Å². The maximum absolute atomic E-state index is 10.7. The quantitative estimate of drug-likeness (QED) is 0.679. The molecule has 4 nitrogen and oxygen atoms in total. The van der Waals surface area contributed by atoms with Gasteiger partial charge in [0.1, 0.15) is 0 Å². The van der Waals surface area contributed by atoms with Crippen LogP contribution in [0.25, 0.3) is 0 Å². The van der Waals surface area contributed by atoms with Crippen molar-refractivity contribution >= 4 is 6.09 Å². The third-order valence-corrected chi connectivity index (χ3v) is 2.95. The summed E-state index contributed by atoms with van der Waals surface area (Å²) in [5.74, 6) is 0. The lowest BCUT2D eigenvalue weighted by Crippen LogP contribution is -2.41. The van der Waals surface area contributed by atoms with E-state index in [0.717, 1.165) is 25.7 Å². The second-order valence-electron chi connectivity index (χ2n) is 3.69. The SMILES string of the molecule is CNC1CCC(N(C)C(=O)O)CC1. The van der Waals surface area contributed by atoms with Crippen molar-refractivity contribution in [3.05, 3.63) is 0 Å². The minimum Gasteiger partial charge on any atom is -0.465 e. The predicted molar refractivity (Wildman–Crippen MR) is 50.9 cm³/mol. The molecule has 1 rings (SSSR count). The average molecular weight is 186 g/mol. The number of carbonyl (C=O) groups is 1. The number of hydrogen-bond donors (Lipinski definition) is 2. The molecule has 0 bridgehead atoms. The van der Waals surface area contributed by atoms with Crippen molar-refractivity contribution in [1.29, 1.82) is 0 Å². The van der Waals surface area contributed by atoms with E-state index >= 15 is 0 Å². The molecule has 0 aromatic rings. The van der Waals surface area contributed by atoms with Crippen LogP contribution in [-0.2, 0) is 0 Å². The smallest absolute Gasteiger partial charge is 0.407 e. The second-order valence-corrected chi connectivity index (χ2v) is 3.69. The van der Waals surface area contributed by atoms with Crippen LogP contribution in [-0.4, -0.2) is 42.3 Å². The lowest BCUT2D eigenvalue weighted by molar-refractivity contribution is 0.122. The van der Waals surface area contributed by atoms with Crippen molar-refractivity contribution in [2.75, 3.05) is 14.1 Å². The monoisotopic (exact) mass is 186 g/mol. The highest BCUT2D eigenvalue weighted by atomic mass is 16.4. The first-order valence-corrected chi connectivity index (χ1v) is 4.78. The highest BCUT2D eigenvalue weighted by Gasteiger charge is 2.25. The van der Waals surface area contributed by atoms with Gasteiger partial charge in [0.25, 0.3) is 0 Å². The van der Waals surface area contributed by atoms with Crippen LogP contribution >= 0.6 is 0 Å². The first kappa shape index (κ1) is 10.3. The van der Waals surface area contributed by atoms with E-state index in [-0.39, 0.29) is 6.04 Å². The summed E-state index contributed by atoms with van der Waals surface area (Å²) in [6.07, 6.45) is 3.31. The molecule has 2 N–H and O–H groups in total. The normalized spacial score (nSPS) is 28.5. The van der Waals surface area contributed by atoms with E-state index < -0.39 is 6.09 Å². The third-order valence-electron chi connectivity index (χ3n) is 2.95. The zero-order valence-electron chi connectivity index (χ0n) is 8.29. The Morgan fingerprint density at radius 3 is 2.31 bits per heavy atom. The molecule has 0 spiro atoms. The van der Waals surface area contributed by atoms with Crippen molar-refractivity contribution in [2.45, 2.75) is 37.8 Å². The second kappa shape index (κ2) is 4.46. The molecule has 0 aromatic heterocycles. The molecule has 1 aliphatic carbocycles. The third kappa shape index (κ3) is 2.59. The zero-order chi connectivity index (χ0) is 9.84. The van der Waals surface area contributed by atoms with Gasteiger partial charge in [-0.3, -0.25) is 0 Å². The van der Waals surface area contributed by atoms with Crippen LogP contribution in [0, 0.1) is 0 Å². The highest BCUT2D eigenvalue weighted by Crippen LogP contribution is 2.21. The maximum Gasteiger partial charge on any atom is 0.407 e. The van der Waals surface area contributed by atoms with Crippen LogP contribution in [0.1, 0.15) is 25.7 Å². The van der Waals surface area contributed by atoms with Gasteiger partial charge in [-0.25, -0.2) is 4.79 Å². The largest absolute Gasteiger partial charge is 0.465 e. The van der Waals surface area contributed by atoms with Gasteiger partial charge in [-0.2, -0.15) is 0 Å². The van der Waals surface area contributed by atoms with E-state index in [1.165, 1.54) is 4.90 Å². The Morgan fingerprint density at radius 2 is 1.92 bits per heavy atom. The number of nitrogens with zero attached hydrogens (tertiary/aromatic N) is 1. The summed E-state index contributed by atoms with van der Waals surface area (Å²) in [4.78, 5) is 12.1. The molecular formula is C9H18N2O2. The zero-order valence-corrected chi connectivity index (χ0v) is 8.29. The molecular weight excluding hydrogens is 168 g/mol. The molecule has 1 amide bonds. The fourth-order valence-corrected chi connectivity index (χ4v) is 1.91. The van der Waals surface area contributed by atoms with Crippen LogP contribution in [0.5, 0.6) is 0 Å². The van der Waals surface area contributed by atoms with Crippen LogP contribution in [0.3, 0.4) is 0 Å². The molecule has 0 radical (unpaired) electrons. The molecule has 1 aliphatic rings. The molecule has 1 saturated carbocycles. The van der Waals surface area contributed by atoms with E-state index in [1.807, 2.05) is 7.05 Å².